The third-order valence-electron chi connectivity index (χ3n) is 2.18. The summed E-state index contributed by atoms with van der Waals surface area (Å²) in [5, 5.41) is 8.68. The molecule has 3 heteroatoms. The second-order valence-corrected chi connectivity index (χ2v) is 3.22. The van der Waals surface area contributed by atoms with E-state index in [9.17, 15) is 4.39 Å². The zero-order valence-electron chi connectivity index (χ0n) is 8.51. The van der Waals surface area contributed by atoms with Crippen LogP contribution in [0.2, 0.25) is 0 Å². The largest absolute Gasteiger partial charge is 0.493 e. The molecule has 2 nitrogen and oxygen atoms in total. The van der Waals surface area contributed by atoms with Gasteiger partial charge in [-0.3, -0.25) is 0 Å². The Morgan fingerprint density at radius 3 is 2.71 bits per heavy atom. The summed E-state index contributed by atoms with van der Waals surface area (Å²) in [6, 6.07) is 3.57. The van der Waals surface area contributed by atoms with Gasteiger partial charge in [-0.05, 0) is 30.9 Å². The highest BCUT2D eigenvalue weighted by molar-refractivity contribution is 5.39. The van der Waals surface area contributed by atoms with Gasteiger partial charge in [0.25, 0.3) is 0 Å². The summed E-state index contributed by atoms with van der Waals surface area (Å²) in [7, 11) is 1.46. The van der Waals surface area contributed by atoms with E-state index in [0.717, 1.165) is 5.56 Å². The maximum absolute atomic E-state index is 13.5. The number of methoxy groups -OCH3 is 1. The van der Waals surface area contributed by atoms with Gasteiger partial charge >= 0.3 is 0 Å². The van der Waals surface area contributed by atoms with Crippen molar-refractivity contribution in [2.45, 2.75) is 19.8 Å². The van der Waals surface area contributed by atoms with Gasteiger partial charge in [0.1, 0.15) is 0 Å². The molecule has 78 valence electrons. The number of benzene rings is 1. The van der Waals surface area contributed by atoms with E-state index < -0.39 is 0 Å². The third-order valence-corrected chi connectivity index (χ3v) is 2.18. The van der Waals surface area contributed by atoms with Crippen LogP contribution >= 0.6 is 0 Å². The standard InChI is InChI=1S/C11H15FO2/c1-8-5-6-9(4-3-7-13)11(14-2)10(8)12/h5-6,13H,3-4,7H2,1-2H3. The fraction of sp³-hybridized carbons (Fsp3) is 0.455. The Morgan fingerprint density at radius 1 is 1.43 bits per heavy atom. The fourth-order valence-corrected chi connectivity index (χ4v) is 1.38. The molecule has 0 unspecified atom stereocenters. The molecule has 0 amide bonds. The summed E-state index contributed by atoms with van der Waals surface area (Å²) in [4.78, 5) is 0. The average molecular weight is 198 g/mol. The minimum atomic E-state index is -0.303. The van der Waals surface area contributed by atoms with Crippen LogP contribution in [-0.4, -0.2) is 18.8 Å². The summed E-state index contributed by atoms with van der Waals surface area (Å²) in [5.41, 5.74) is 1.39. The highest BCUT2D eigenvalue weighted by Gasteiger charge is 2.10. The highest BCUT2D eigenvalue weighted by Crippen LogP contribution is 2.26. The van der Waals surface area contributed by atoms with Crippen LogP contribution in [0.15, 0.2) is 12.1 Å². The van der Waals surface area contributed by atoms with Crippen LogP contribution in [0, 0.1) is 12.7 Å². The normalized spacial score (nSPS) is 10.3. The number of rotatable bonds is 4. The van der Waals surface area contributed by atoms with Crippen molar-refractivity contribution in [2.24, 2.45) is 0 Å². The molecule has 14 heavy (non-hydrogen) atoms. The lowest BCUT2D eigenvalue weighted by Crippen LogP contribution is -1.98. The quantitative estimate of drug-likeness (QED) is 0.802. The first-order chi connectivity index (χ1) is 6.70. The second kappa shape index (κ2) is 4.96. The second-order valence-electron chi connectivity index (χ2n) is 3.22. The molecular formula is C11H15FO2. The molecule has 0 saturated carbocycles. The minimum Gasteiger partial charge on any atom is -0.493 e. The molecule has 0 aliphatic heterocycles. The Bertz CT molecular complexity index is 310. The fourth-order valence-electron chi connectivity index (χ4n) is 1.38. The van der Waals surface area contributed by atoms with E-state index in [1.165, 1.54) is 7.11 Å². The molecule has 0 fully saturated rings. The van der Waals surface area contributed by atoms with Gasteiger partial charge in [-0.25, -0.2) is 4.39 Å². The number of aliphatic hydroxyl groups excluding tert-OH is 1. The Kier molecular flexibility index (Phi) is 3.89. The molecule has 0 aliphatic carbocycles. The van der Waals surface area contributed by atoms with Crippen LogP contribution in [0.1, 0.15) is 17.5 Å². The first kappa shape index (κ1) is 11.0. The van der Waals surface area contributed by atoms with E-state index in [2.05, 4.69) is 0 Å². The van der Waals surface area contributed by atoms with Gasteiger partial charge in [0.15, 0.2) is 11.6 Å². The van der Waals surface area contributed by atoms with Crippen LogP contribution in [0.25, 0.3) is 0 Å². The number of aryl methyl sites for hydroxylation is 2. The molecular weight excluding hydrogens is 183 g/mol. The van der Waals surface area contributed by atoms with E-state index in [1.807, 2.05) is 6.07 Å². The van der Waals surface area contributed by atoms with Gasteiger partial charge in [-0.2, -0.15) is 0 Å². The molecule has 1 rings (SSSR count). The van der Waals surface area contributed by atoms with Gasteiger partial charge < -0.3 is 9.84 Å². The van der Waals surface area contributed by atoms with E-state index in [1.54, 1.807) is 13.0 Å². The zero-order valence-corrected chi connectivity index (χ0v) is 8.51. The summed E-state index contributed by atoms with van der Waals surface area (Å²) in [6.07, 6.45) is 1.26. The van der Waals surface area contributed by atoms with Crippen molar-refractivity contribution in [3.8, 4) is 5.75 Å². The molecule has 1 aromatic carbocycles. The Balaban J connectivity index is 2.98. The summed E-state index contributed by atoms with van der Waals surface area (Å²) in [5.74, 6) is 0.00129. The Labute approximate surface area is 83.3 Å². The maximum Gasteiger partial charge on any atom is 0.168 e. The van der Waals surface area contributed by atoms with Crippen molar-refractivity contribution >= 4 is 0 Å². The zero-order chi connectivity index (χ0) is 10.6. The lowest BCUT2D eigenvalue weighted by molar-refractivity contribution is 0.287. The molecule has 0 spiro atoms. The SMILES string of the molecule is COc1c(CCCO)ccc(C)c1F. The monoisotopic (exact) mass is 198 g/mol. The Morgan fingerprint density at radius 2 is 2.14 bits per heavy atom. The number of ether oxygens (including phenoxy) is 1. The third kappa shape index (κ3) is 2.23. The topological polar surface area (TPSA) is 29.5 Å². The molecule has 1 aromatic rings. The summed E-state index contributed by atoms with van der Waals surface area (Å²) < 4.78 is 18.5. The molecule has 0 saturated heterocycles. The van der Waals surface area contributed by atoms with Crippen molar-refractivity contribution in [1.29, 1.82) is 0 Å². The predicted molar refractivity (Wildman–Crippen MR) is 53.1 cm³/mol. The van der Waals surface area contributed by atoms with Gasteiger partial charge in [0.2, 0.25) is 0 Å². The van der Waals surface area contributed by atoms with Crippen molar-refractivity contribution in [1.82, 2.24) is 0 Å². The summed E-state index contributed by atoms with van der Waals surface area (Å²) >= 11 is 0. The maximum atomic E-state index is 13.5. The molecule has 1 N–H and O–H groups in total. The van der Waals surface area contributed by atoms with Gasteiger partial charge in [-0.15, -0.1) is 0 Å². The van der Waals surface area contributed by atoms with E-state index in [-0.39, 0.29) is 12.4 Å². The number of aliphatic hydroxyl groups is 1. The molecule has 0 heterocycles. The molecule has 0 radical (unpaired) electrons. The molecule has 0 aliphatic rings. The van der Waals surface area contributed by atoms with Crippen LogP contribution in [-0.2, 0) is 6.42 Å². The lowest BCUT2D eigenvalue weighted by Gasteiger charge is -2.10. The summed E-state index contributed by atoms with van der Waals surface area (Å²) in [6.45, 7) is 1.81. The van der Waals surface area contributed by atoms with E-state index in [4.69, 9.17) is 9.84 Å². The van der Waals surface area contributed by atoms with Crippen LogP contribution < -0.4 is 4.74 Å². The van der Waals surface area contributed by atoms with Gasteiger partial charge in [0, 0.05) is 6.61 Å². The van der Waals surface area contributed by atoms with Gasteiger partial charge in [-0.1, -0.05) is 12.1 Å². The van der Waals surface area contributed by atoms with E-state index in [0.29, 0.717) is 24.2 Å². The van der Waals surface area contributed by atoms with Gasteiger partial charge in [0.05, 0.1) is 7.11 Å². The first-order valence-corrected chi connectivity index (χ1v) is 4.63. The van der Waals surface area contributed by atoms with Crippen LogP contribution in [0.3, 0.4) is 0 Å². The number of hydrogen-bond acceptors (Lipinski definition) is 2. The Hall–Kier alpha value is -1.09. The molecule has 0 bridgehead atoms. The van der Waals surface area contributed by atoms with Crippen LogP contribution in [0.5, 0.6) is 5.75 Å². The minimum absolute atomic E-state index is 0.110. The van der Waals surface area contributed by atoms with E-state index >= 15 is 0 Å². The lowest BCUT2D eigenvalue weighted by atomic mass is 10.1. The molecule has 0 aromatic heterocycles. The number of halogens is 1. The predicted octanol–water partition coefficient (Wildman–Crippen LogP) is 2.07. The average Bonchev–Trinajstić information content (AvgIpc) is 2.20. The van der Waals surface area contributed by atoms with Crippen molar-refractivity contribution in [2.75, 3.05) is 13.7 Å². The van der Waals surface area contributed by atoms with Crippen LogP contribution in [0.4, 0.5) is 4.39 Å². The van der Waals surface area contributed by atoms with Crippen molar-refractivity contribution < 1.29 is 14.2 Å². The first-order valence-electron chi connectivity index (χ1n) is 4.63. The van der Waals surface area contributed by atoms with Crippen molar-refractivity contribution in [3.63, 3.8) is 0 Å². The smallest absolute Gasteiger partial charge is 0.168 e. The number of hydrogen-bond donors (Lipinski definition) is 1. The molecule has 0 atom stereocenters. The highest BCUT2D eigenvalue weighted by atomic mass is 19.1. The van der Waals surface area contributed by atoms with Crippen molar-refractivity contribution in [3.05, 3.63) is 29.1 Å².